The molecule has 2 nitrogen and oxygen atoms in total. The summed E-state index contributed by atoms with van der Waals surface area (Å²) in [6.45, 7) is 3.76. The van der Waals surface area contributed by atoms with Crippen LogP contribution < -0.4 is 0 Å². The van der Waals surface area contributed by atoms with Crippen LogP contribution in [0.3, 0.4) is 0 Å². The van der Waals surface area contributed by atoms with Gasteiger partial charge >= 0.3 is 7.12 Å². The first-order valence-corrected chi connectivity index (χ1v) is 3.84. The lowest BCUT2D eigenvalue weighted by atomic mass is 9.76. The van der Waals surface area contributed by atoms with E-state index in [9.17, 15) is 0 Å². The molecular formula is C8H15BO2. The Hall–Kier alpha value is -0.535. The third-order valence-corrected chi connectivity index (χ3v) is 1.54. The maximum Gasteiger partial charge on any atom is 0.483 e. The van der Waals surface area contributed by atoms with Crippen molar-refractivity contribution < 1.29 is 10.0 Å². The SMILES string of the molecule is CC=CCCC(=CC)B(O)O. The molecule has 0 saturated carbocycles. The lowest BCUT2D eigenvalue weighted by Gasteiger charge is -2.01. The number of hydrogen-bond acceptors (Lipinski definition) is 2. The van der Waals surface area contributed by atoms with Crippen molar-refractivity contribution in [2.75, 3.05) is 0 Å². The van der Waals surface area contributed by atoms with E-state index in [0.29, 0.717) is 5.47 Å². The molecule has 0 aromatic rings. The summed E-state index contributed by atoms with van der Waals surface area (Å²) in [4.78, 5) is 0. The van der Waals surface area contributed by atoms with Crippen LogP contribution in [-0.2, 0) is 0 Å². The van der Waals surface area contributed by atoms with E-state index in [0.717, 1.165) is 12.8 Å². The highest BCUT2D eigenvalue weighted by atomic mass is 16.4. The minimum Gasteiger partial charge on any atom is -0.423 e. The second-order valence-electron chi connectivity index (χ2n) is 2.34. The lowest BCUT2D eigenvalue weighted by Crippen LogP contribution is -2.14. The average molecular weight is 154 g/mol. The third kappa shape index (κ3) is 4.82. The quantitative estimate of drug-likeness (QED) is 0.473. The Morgan fingerprint density at radius 2 is 2.00 bits per heavy atom. The van der Waals surface area contributed by atoms with E-state index < -0.39 is 7.12 Å². The second-order valence-corrected chi connectivity index (χ2v) is 2.34. The molecule has 0 fully saturated rings. The summed E-state index contributed by atoms with van der Waals surface area (Å²) in [7, 11) is -1.29. The molecule has 0 aliphatic rings. The van der Waals surface area contributed by atoms with Crippen molar-refractivity contribution in [3.05, 3.63) is 23.7 Å². The summed E-state index contributed by atoms with van der Waals surface area (Å²) < 4.78 is 0. The minimum atomic E-state index is -1.29. The van der Waals surface area contributed by atoms with Crippen LogP contribution in [0.1, 0.15) is 26.7 Å². The molecule has 0 bridgehead atoms. The van der Waals surface area contributed by atoms with Crippen LogP contribution in [0, 0.1) is 0 Å². The van der Waals surface area contributed by atoms with Gasteiger partial charge in [-0.2, -0.15) is 0 Å². The van der Waals surface area contributed by atoms with Gasteiger partial charge in [0.1, 0.15) is 0 Å². The molecule has 0 aliphatic carbocycles. The van der Waals surface area contributed by atoms with Crippen LogP contribution in [0.25, 0.3) is 0 Å². The summed E-state index contributed by atoms with van der Waals surface area (Å²) in [5.74, 6) is 0. The first kappa shape index (κ1) is 10.5. The largest absolute Gasteiger partial charge is 0.483 e. The molecule has 0 aliphatic heterocycles. The van der Waals surface area contributed by atoms with Crippen LogP contribution in [0.4, 0.5) is 0 Å². The zero-order chi connectivity index (χ0) is 8.69. The Morgan fingerprint density at radius 3 is 2.36 bits per heavy atom. The molecule has 0 amide bonds. The van der Waals surface area contributed by atoms with Crippen molar-refractivity contribution in [1.82, 2.24) is 0 Å². The van der Waals surface area contributed by atoms with Crippen LogP contribution in [0.5, 0.6) is 0 Å². The highest BCUT2D eigenvalue weighted by Crippen LogP contribution is 2.06. The fraction of sp³-hybridized carbons (Fsp3) is 0.500. The summed E-state index contributed by atoms with van der Waals surface area (Å²) in [5, 5.41) is 17.5. The maximum atomic E-state index is 8.77. The van der Waals surface area contributed by atoms with E-state index in [1.165, 1.54) is 0 Å². The maximum absolute atomic E-state index is 8.77. The van der Waals surface area contributed by atoms with E-state index in [1.807, 2.05) is 26.0 Å². The van der Waals surface area contributed by atoms with E-state index in [2.05, 4.69) is 0 Å². The summed E-state index contributed by atoms with van der Waals surface area (Å²) in [6, 6.07) is 0. The van der Waals surface area contributed by atoms with E-state index in [1.54, 1.807) is 6.08 Å². The first-order chi connectivity index (χ1) is 5.22. The zero-order valence-corrected chi connectivity index (χ0v) is 7.12. The molecule has 11 heavy (non-hydrogen) atoms. The van der Waals surface area contributed by atoms with Gasteiger partial charge in [0.25, 0.3) is 0 Å². The molecule has 3 heteroatoms. The van der Waals surface area contributed by atoms with Gasteiger partial charge in [0.15, 0.2) is 0 Å². The predicted octanol–water partition coefficient (Wildman–Crippen LogP) is 1.30. The average Bonchev–Trinajstić information content (AvgIpc) is 1.97. The van der Waals surface area contributed by atoms with Crippen molar-refractivity contribution in [2.24, 2.45) is 0 Å². The molecule has 0 spiro atoms. The normalized spacial score (nSPS) is 12.5. The molecular weight excluding hydrogens is 139 g/mol. The molecule has 0 radical (unpaired) electrons. The molecule has 0 saturated heterocycles. The Labute approximate surface area is 68.4 Å². The van der Waals surface area contributed by atoms with Crippen LogP contribution in [0.2, 0.25) is 0 Å². The zero-order valence-electron chi connectivity index (χ0n) is 7.12. The highest BCUT2D eigenvalue weighted by molar-refractivity contribution is 6.50. The van der Waals surface area contributed by atoms with E-state index >= 15 is 0 Å². The fourth-order valence-electron chi connectivity index (χ4n) is 0.839. The van der Waals surface area contributed by atoms with Gasteiger partial charge in [-0.05, 0) is 32.2 Å². The topological polar surface area (TPSA) is 40.5 Å². The van der Waals surface area contributed by atoms with Gasteiger partial charge in [0.05, 0.1) is 0 Å². The van der Waals surface area contributed by atoms with Crippen molar-refractivity contribution in [1.29, 1.82) is 0 Å². The first-order valence-electron chi connectivity index (χ1n) is 3.84. The van der Waals surface area contributed by atoms with Gasteiger partial charge < -0.3 is 10.0 Å². The third-order valence-electron chi connectivity index (χ3n) is 1.54. The number of hydrogen-bond donors (Lipinski definition) is 2. The van der Waals surface area contributed by atoms with Crippen molar-refractivity contribution >= 4 is 7.12 Å². The summed E-state index contributed by atoms with van der Waals surface area (Å²) >= 11 is 0. The van der Waals surface area contributed by atoms with Gasteiger partial charge in [0, 0.05) is 0 Å². The Balaban J connectivity index is 3.72. The standard InChI is InChI=1S/C8H15BO2/c1-3-5-6-7-8(4-2)9(10)11/h3-5,10-11H,6-7H2,1-2H3. The molecule has 0 rings (SSSR count). The monoisotopic (exact) mass is 154 g/mol. The molecule has 2 N–H and O–H groups in total. The van der Waals surface area contributed by atoms with Crippen molar-refractivity contribution in [3.8, 4) is 0 Å². The van der Waals surface area contributed by atoms with E-state index in [-0.39, 0.29) is 0 Å². The Bertz CT molecular complexity index is 150. The van der Waals surface area contributed by atoms with Crippen molar-refractivity contribution in [3.63, 3.8) is 0 Å². The highest BCUT2D eigenvalue weighted by Gasteiger charge is 2.11. The van der Waals surface area contributed by atoms with Crippen molar-refractivity contribution in [2.45, 2.75) is 26.7 Å². The smallest absolute Gasteiger partial charge is 0.423 e. The molecule has 0 aromatic carbocycles. The molecule has 62 valence electrons. The van der Waals surface area contributed by atoms with Gasteiger partial charge in [0.2, 0.25) is 0 Å². The number of rotatable bonds is 4. The minimum absolute atomic E-state index is 0.683. The van der Waals surface area contributed by atoms with Crippen LogP contribution in [-0.4, -0.2) is 17.2 Å². The Kier molecular flexibility index (Phi) is 5.89. The van der Waals surface area contributed by atoms with Gasteiger partial charge in [-0.25, -0.2) is 0 Å². The summed E-state index contributed by atoms with van der Waals surface area (Å²) in [5.41, 5.74) is 0.683. The van der Waals surface area contributed by atoms with Gasteiger partial charge in [-0.15, -0.1) is 0 Å². The predicted molar refractivity (Wildman–Crippen MR) is 48.0 cm³/mol. The second kappa shape index (κ2) is 6.19. The summed E-state index contributed by atoms with van der Waals surface area (Å²) in [6.07, 6.45) is 7.30. The molecule has 0 heterocycles. The van der Waals surface area contributed by atoms with Crippen LogP contribution >= 0.6 is 0 Å². The lowest BCUT2D eigenvalue weighted by molar-refractivity contribution is 0.416. The van der Waals surface area contributed by atoms with E-state index in [4.69, 9.17) is 10.0 Å². The molecule has 0 unspecified atom stereocenters. The fourth-order valence-corrected chi connectivity index (χ4v) is 0.839. The van der Waals surface area contributed by atoms with Crippen LogP contribution in [0.15, 0.2) is 23.7 Å². The molecule has 0 atom stereocenters. The van der Waals surface area contributed by atoms with Gasteiger partial charge in [-0.3, -0.25) is 0 Å². The van der Waals surface area contributed by atoms with Gasteiger partial charge in [-0.1, -0.05) is 18.2 Å². The number of allylic oxidation sites excluding steroid dienone is 4. The Morgan fingerprint density at radius 1 is 1.36 bits per heavy atom. The molecule has 0 aromatic heterocycles.